The minimum absolute atomic E-state index is 0.107. The Bertz CT molecular complexity index is 1890. The summed E-state index contributed by atoms with van der Waals surface area (Å²) in [5.41, 5.74) is 0. The van der Waals surface area contributed by atoms with Gasteiger partial charge in [0.25, 0.3) is 0 Å². The number of rotatable bonds is 78. The fraction of sp³-hybridized carbons (Fsp3) is 0.949. The first-order valence-corrected chi connectivity index (χ1v) is 44.0. The van der Waals surface area contributed by atoms with E-state index in [0.717, 1.165) is 102 Å². The second kappa shape index (κ2) is 70.7. The van der Waals surface area contributed by atoms with Crippen molar-refractivity contribution in [3.8, 4) is 0 Å². The number of esters is 4. The summed E-state index contributed by atoms with van der Waals surface area (Å²) in [7, 11) is -9.92. The minimum atomic E-state index is -4.96. The zero-order valence-electron chi connectivity index (χ0n) is 64.1. The molecule has 0 amide bonds. The van der Waals surface area contributed by atoms with Crippen LogP contribution in [-0.4, -0.2) is 96.7 Å². The molecular weight excluding hydrogens is 1280 g/mol. The summed E-state index contributed by atoms with van der Waals surface area (Å²) < 4.78 is 68.6. The standard InChI is InChI=1S/C79H154O17P2/c1-7-10-12-14-16-18-20-21-22-23-24-25-26-27-28-31-39-45-51-57-63-78(83)95-75(68-90-77(82)62-56-50-44-38-32-29-30-35-41-47-53-59-71(4)5)70-94-98(87,88)92-66-73(80)65-91-97(85,86)93-69-74(67-89-76(81)61-55-49-43-37-19-17-15-13-11-8-2)96-79(84)64-58-52-46-40-34-33-36-42-48-54-60-72(6)9-3/h71-75,80H,7-70H2,1-6H3,(H,85,86)(H,87,88)/t72?,73-,74+,75+/m0/s1. The number of phosphoric ester groups is 2. The van der Waals surface area contributed by atoms with Crippen LogP contribution in [0.2, 0.25) is 0 Å². The zero-order chi connectivity index (χ0) is 72.1. The molecule has 0 saturated carbocycles. The summed E-state index contributed by atoms with van der Waals surface area (Å²) >= 11 is 0. The largest absolute Gasteiger partial charge is 0.472 e. The van der Waals surface area contributed by atoms with Crippen LogP contribution < -0.4 is 0 Å². The van der Waals surface area contributed by atoms with Gasteiger partial charge in [0.05, 0.1) is 26.4 Å². The Morgan fingerprint density at radius 1 is 0.296 bits per heavy atom. The van der Waals surface area contributed by atoms with Crippen LogP contribution in [-0.2, 0) is 65.4 Å². The van der Waals surface area contributed by atoms with E-state index >= 15 is 0 Å². The van der Waals surface area contributed by atoms with Gasteiger partial charge in [0.1, 0.15) is 19.3 Å². The van der Waals surface area contributed by atoms with E-state index in [9.17, 15) is 43.2 Å². The van der Waals surface area contributed by atoms with Crippen molar-refractivity contribution < 1.29 is 80.2 Å². The smallest absolute Gasteiger partial charge is 0.462 e. The predicted molar refractivity (Wildman–Crippen MR) is 400 cm³/mol. The van der Waals surface area contributed by atoms with E-state index in [1.807, 2.05) is 0 Å². The highest BCUT2D eigenvalue weighted by Crippen LogP contribution is 2.45. The molecule has 0 rings (SSSR count). The van der Waals surface area contributed by atoms with Crippen LogP contribution in [0.4, 0.5) is 0 Å². The molecule has 3 unspecified atom stereocenters. The van der Waals surface area contributed by atoms with Crippen molar-refractivity contribution in [2.75, 3.05) is 39.6 Å². The SMILES string of the molecule is CCCCCCCCCCCCCCCCCCCCCCC(=O)O[C@H](COC(=O)CCCCCCCCCCCCCC(C)C)COP(=O)(O)OC[C@@H](O)COP(=O)(O)OC[C@@H](COC(=O)CCCCCCCCCCCC)OC(=O)CCCCCCCCCCCCC(C)CC. The summed E-state index contributed by atoms with van der Waals surface area (Å²) in [5, 5.41) is 10.6. The number of phosphoric acid groups is 2. The summed E-state index contributed by atoms with van der Waals surface area (Å²) in [5.74, 6) is -0.538. The van der Waals surface area contributed by atoms with Crippen LogP contribution >= 0.6 is 15.6 Å². The van der Waals surface area contributed by atoms with Crippen molar-refractivity contribution in [1.29, 1.82) is 0 Å². The maximum atomic E-state index is 13.1. The van der Waals surface area contributed by atoms with Gasteiger partial charge in [-0.2, -0.15) is 0 Å². The Kier molecular flexibility index (Phi) is 69.3. The zero-order valence-corrected chi connectivity index (χ0v) is 65.9. The molecular formula is C79H154O17P2. The van der Waals surface area contributed by atoms with E-state index in [1.165, 1.54) is 231 Å². The summed E-state index contributed by atoms with van der Waals surface area (Å²) in [4.78, 5) is 72.9. The Morgan fingerprint density at radius 2 is 0.520 bits per heavy atom. The van der Waals surface area contributed by atoms with Gasteiger partial charge in [-0.05, 0) is 37.5 Å². The molecule has 6 atom stereocenters. The first-order valence-electron chi connectivity index (χ1n) is 41.0. The highest BCUT2D eigenvalue weighted by molar-refractivity contribution is 7.47. The lowest BCUT2D eigenvalue weighted by molar-refractivity contribution is -0.161. The Balaban J connectivity index is 5.23. The van der Waals surface area contributed by atoms with Gasteiger partial charge in [-0.25, -0.2) is 9.13 Å². The molecule has 0 aliphatic rings. The number of carbonyl (C=O) groups excluding carboxylic acids is 4. The first-order chi connectivity index (χ1) is 47.4. The van der Waals surface area contributed by atoms with Crippen molar-refractivity contribution in [3.63, 3.8) is 0 Å². The van der Waals surface area contributed by atoms with Gasteiger partial charge < -0.3 is 33.8 Å². The summed E-state index contributed by atoms with van der Waals surface area (Å²) in [6, 6.07) is 0. The molecule has 0 heterocycles. The molecule has 0 aromatic rings. The van der Waals surface area contributed by atoms with E-state index in [-0.39, 0.29) is 25.7 Å². The van der Waals surface area contributed by atoms with E-state index in [1.54, 1.807) is 0 Å². The van der Waals surface area contributed by atoms with Crippen molar-refractivity contribution >= 4 is 39.5 Å². The molecule has 0 radical (unpaired) electrons. The van der Waals surface area contributed by atoms with E-state index in [2.05, 4.69) is 41.5 Å². The Hall–Kier alpha value is -1.94. The average molecular weight is 1440 g/mol. The van der Waals surface area contributed by atoms with Crippen molar-refractivity contribution in [2.45, 2.75) is 432 Å². The number of carbonyl (C=O) groups is 4. The second-order valence-electron chi connectivity index (χ2n) is 29.2. The number of ether oxygens (including phenoxy) is 4. The van der Waals surface area contributed by atoms with Gasteiger partial charge in [-0.15, -0.1) is 0 Å². The molecule has 3 N–H and O–H groups in total. The third-order valence-electron chi connectivity index (χ3n) is 18.8. The van der Waals surface area contributed by atoms with Crippen LogP contribution in [0, 0.1) is 11.8 Å². The molecule has 0 aromatic carbocycles. The molecule has 17 nitrogen and oxygen atoms in total. The molecule has 0 fully saturated rings. The topological polar surface area (TPSA) is 237 Å². The maximum Gasteiger partial charge on any atom is 0.472 e. The lowest BCUT2D eigenvalue weighted by Gasteiger charge is -2.21. The molecule has 98 heavy (non-hydrogen) atoms. The van der Waals surface area contributed by atoms with Gasteiger partial charge in [0.15, 0.2) is 12.2 Å². The number of hydrogen-bond donors (Lipinski definition) is 3. The van der Waals surface area contributed by atoms with Crippen molar-refractivity contribution in [3.05, 3.63) is 0 Å². The molecule has 0 aliphatic heterocycles. The van der Waals surface area contributed by atoms with Crippen LogP contribution in [0.1, 0.15) is 414 Å². The van der Waals surface area contributed by atoms with Gasteiger partial charge in [-0.3, -0.25) is 37.3 Å². The number of aliphatic hydroxyl groups is 1. The third kappa shape index (κ3) is 71.1. The molecule has 0 spiro atoms. The van der Waals surface area contributed by atoms with Crippen LogP contribution in [0.25, 0.3) is 0 Å². The summed E-state index contributed by atoms with van der Waals surface area (Å²) in [6.07, 6.45) is 59.6. The fourth-order valence-corrected chi connectivity index (χ4v) is 13.7. The second-order valence-corrected chi connectivity index (χ2v) is 32.1. The summed E-state index contributed by atoms with van der Waals surface area (Å²) in [6.45, 7) is 9.64. The normalized spacial score (nSPS) is 14.2. The predicted octanol–water partition coefficient (Wildman–Crippen LogP) is 23.5. The van der Waals surface area contributed by atoms with Crippen LogP contribution in [0.15, 0.2) is 0 Å². The monoisotopic (exact) mass is 1440 g/mol. The molecule has 19 heteroatoms. The quantitative estimate of drug-likeness (QED) is 0.0222. The van der Waals surface area contributed by atoms with Gasteiger partial charge >= 0.3 is 39.5 Å². The fourth-order valence-electron chi connectivity index (χ4n) is 12.2. The molecule has 582 valence electrons. The van der Waals surface area contributed by atoms with E-state index < -0.39 is 97.5 Å². The number of unbranched alkanes of at least 4 members (excludes halogenated alkanes) is 47. The number of hydrogen-bond acceptors (Lipinski definition) is 15. The Morgan fingerprint density at radius 3 is 0.776 bits per heavy atom. The van der Waals surface area contributed by atoms with Gasteiger partial charge in [0.2, 0.25) is 0 Å². The van der Waals surface area contributed by atoms with Gasteiger partial charge in [0, 0.05) is 25.7 Å². The maximum absolute atomic E-state index is 13.1. The molecule has 0 aromatic heterocycles. The van der Waals surface area contributed by atoms with Crippen molar-refractivity contribution in [2.24, 2.45) is 11.8 Å². The third-order valence-corrected chi connectivity index (χ3v) is 20.7. The Labute approximate surface area is 600 Å². The molecule has 0 aliphatic carbocycles. The average Bonchev–Trinajstić information content (AvgIpc) is 0.932. The molecule has 0 bridgehead atoms. The van der Waals surface area contributed by atoms with Crippen LogP contribution in [0.5, 0.6) is 0 Å². The van der Waals surface area contributed by atoms with Crippen LogP contribution in [0.3, 0.4) is 0 Å². The number of aliphatic hydroxyl groups excluding tert-OH is 1. The van der Waals surface area contributed by atoms with Gasteiger partial charge in [-0.1, -0.05) is 363 Å². The lowest BCUT2D eigenvalue weighted by atomic mass is 9.99. The minimum Gasteiger partial charge on any atom is -0.462 e. The molecule has 0 saturated heterocycles. The lowest BCUT2D eigenvalue weighted by Crippen LogP contribution is -2.30. The van der Waals surface area contributed by atoms with E-state index in [4.69, 9.17) is 37.0 Å². The van der Waals surface area contributed by atoms with E-state index in [0.29, 0.717) is 25.7 Å². The van der Waals surface area contributed by atoms with Crippen molar-refractivity contribution in [1.82, 2.24) is 0 Å². The highest BCUT2D eigenvalue weighted by Gasteiger charge is 2.30. The highest BCUT2D eigenvalue weighted by atomic mass is 31.2. The first kappa shape index (κ1) is 96.1.